The number of methoxy groups -OCH3 is 2. The Bertz CT molecular complexity index is 466. The highest BCUT2D eigenvalue weighted by Gasteiger charge is 2.16. The molecule has 74 valence electrons. The molecule has 0 atom stereocenters. The van der Waals surface area contributed by atoms with Gasteiger partial charge in [-0.15, -0.1) is 0 Å². The van der Waals surface area contributed by atoms with Crippen LogP contribution in [0.15, 0.2) is 21.1 Å². The standard InChI is InChI=1S/C9H8BrNO3/c1-12-6-4-3-5(10)8-7(6)9(13-2)11-14-8/h3-4H,1-2H3. The maximum Gasteiger partial charge on any atom is 0.265 e. The Morgan fingerprint density at radius 3 is 2.71 bits per heavy atom. The smallest absolute Gasteiger partial charge is 0.265 e. The van der Waals surface area contributed by atoms with E-state index in [-0.39, 0.29) is 0 Å². The van der Waals surface area contributed by atoms with Crippen LogP contribution in [-0.2, 0) is 0 Å². The van der Waals surface area contributed by atoms with Crippen molar-refractivity contribution < 1.29 is 14.0 Å². The van der Waals surface area contributed by atoms with Crippen LogP contribution >= 0.6 is 15.9 Å². The van der Waals surface area contributed by atoms with Crippen LogP contribution in [0.5, 0.6) is 11.6 Å². The fraction of sp³-hybridized carbons (Fsp3) is 0.222. The van der Waals surface area contributed by atoms with E-state index in [1.54, 1.807) is 7.11 Å². The predicted molar refractivity (Wildman–Crippen MR) is 54.8 cm³/mol. The second-order valence-electron chi connectivity index (χ2n) is 2.65. The molecule has 0 saturated heterocycles. The fourth-order valence-corrected chi connectivity index (χ4v) is 1.68. The molecule has 0 radical (unpaired) electrons. The summed E-state index contributed by atoms with van der Waals surface area (Å²) in [5.41, 5.74) is 0.626. The lowest BCUT2D eigenvalue weighted by Crippen LogP contribution is -1.87. The van der Waals surface area contributed by atoms with E-state index in [4.69, 9.17) is 14.0 Å². The van der Waals surface area contributed by atoms with Gasteiger partial charge in [-0.25, -0.2) is 0 Å². The first-order chi connectivity index (χ1) is 6.77. The molecule has 0 amide bonds. The van der Waals surface area contributed by atoms with Crippen molar-refractivity contribution in [3.05, 3.63) is 16.6 Å². The molecule has 0 unspecified atom stereocenters. The van der Waals surface area contributed by atoms with E-state index in [0.717, 1.165) is 9.86 Å². The average molecular weight is 258 g/mol. The molecule has 0 aliphatic rings. The maximum atomic E-state index is 5.18. The van der Waals surface area contributed by atoms with Gasteiger partial charge in [0.05, 0.1) is 18.7 Å². The molecule has 2 aromatic rings. The van der Waals surface area contributed by atoms with Gasteiger partial charge in [0.2, 0.25) is 0 Å². The lowest BCUT2D eigenvalue weighted by Gasteiger charge is -2.01. The van der Waals surface area contributed by atoms with Crippen molar-refractivity contribution in [2.24, 2.45) is 0 Å². The first kappa shape index (κ1) is 9.33. The van der Waals surface area contributed by atoms with Crippen molar-refractivity contribution in [1.29, 1.82) is 0 Å². The van der Waals surface area contributed by atoms with E-state index in [2.05, 4.69) is 21.1 Å². The van der Waals surface area contributed by atoms with Gasteiger partial charge in [0, 0.05) is 0 Å². The highest BCUT2D eigenvalue weighted by atomic mass is 79.9. The molecule has 0 fully saturated rings. The number of fused-ring (bicyclic) bond motifs is 1. The molecule has 14 heavy (non-hydrogen) atoms. The Balaban J connectivity index is 2.82. The molecule has 1 heterocycles. The number of halogens is 1. The second kappa shape index (κ2) is 3.49. The molecular formula is C9H8BrNO3. The summed E-state index contributed by atoms with van der Waals surface area (Å²) in [6.07, 6.45) is 0. The molecule has 0 N–H and O–H groups in total. The van der Waals surface area contributed by atoms with Crippen LogP contribution in [0.4, 0.5) is 0 Å². The Hall–Kier alpha value is -1.23. The van der Waals surface area contributed by atoms with Crippen molar-refractivity contribution in [1.82, 2.24) is 5.16 Å². The average Bonchev–Trinajstić information content (AvgIpc) is 2.63. The molecule has 0 bridgehead atoms. The quantitative estimate of drug-likeness (QED) is 0.830. The predicted octanol–water partition coefficient (Wildman–Crippen LogP) is 2.61. The summed E-state index contributed by atoms with van der Waals surface area (Å²) in [7, 11) is 3.13. The van der Waals surface area contributed by atoms with Gasteiger partial charge in [-0.05, 0) is 33.2 Å². The number of nitrogens with zero attached hydrogens (tertiary/aromatic N) is 1. The summed E-state index contributed by atoms with van der Waals surface area (Å²) >= 11 is 3.36. The lowest BCUT2D eigenvalue weighted by molar-refractivity contribution is 0.349. The van der Waals surface area contributed by atoms with E-state index >= 15 is 0 Å². The third kappa shape index (κ3) is 1.24. The molecule has 5 heteroatoms. The molecular weight excluding hydrogens is 250 g/mol. The van der Waals surface area contributed by atoms with Crippen LogP contribution in [0.2, 0.25) is 0 Å². The minimum absolute atomic E-state index is 0.429. The van der Waals surface area contributed by atoms with Gasteiger partial charge in [-0.1, -0.05) is 0 Å². The second-order valence-corrected chi connectivity index (χ2v) is 3.50. The van der Waals surface area contributed by atoms with Crippen LogP contribution < -0.4 is 9.47 Å². The van der Waals surface area contributed by atoms with Crippen molar-refractivity contribution in [2.75, 3.05) is 14.2 Å². The van der Waals surface area contributed by atoms with Gasteiger partial charge in [-0.2, -0.15) is 0 Å². The lowest BCUT2D eigenvalue weighted by atomic mass is 10.2. The van der Waals surface area contributed by atoms with E-state index in [1.807, 2.05) is 12.1 Å². The minimum Gasteiger partial charge on any atom is -0.496 e. The minimum atomic E-state index is 0.429. The van der Waals surface area contributed by atoms with Crippen LogP contribution in [0, 0.1) is 0 Å². The Morgan fingerprint density at radius 1 is 1.29 bits per heavy atom. The molecule has 1 aromatic heterocycles. The number of aromatic nitrogens is 1. The van der Waals surface area contributed by atoms with Gasteiger partial charge in [-0.3, -0.25) is 0 Å². The van der Waals surface area contributed by atoms with Crippen LogP contribution in [0.3, 0.4) is 0 Å². The Kier molecular flexibility index (Phi) is 2.33. The van der Waals surface area contributed by atoms with Crippen LogP contribution in [0.1, 0.15) is 0 Å². The van der Waals surface area contributed by atoms with Gasteiger partial charge in [0.1, 0.15) is 11.1 Å². The van der Waals surface area contributed by atoms with Gasteiger partial charge in [0.25, 0.3) is 5.88 Å². The van der Waals surface area contributed by atoms with Crippen LogP contribution in [0.25, 0.3) is 11.0 Å². The zero-order valence-electron chi connectivity index (χ0n) is 7.70. The molecule has 1 aromatic carbocycles. The van der Waals surface area contributed by atoms with Crippen molar-refractivity contribution in [3.63, 3.8) is 0 Å². The van der Waals surface area contributed by atoms with E-state index < -0.39 is 0 Å². The highest BCUT2D eigenvalue weighted by molar-refractivity contribution is 9.10. The van der Waals surface area contributed by atoms with Crippen molar-refractivity contribution in [3.8, 4) is 11.6 Å². The zero-order chi connectivity index (χ0) is 10.1. The van der Waals surface area contributed by atoms with Crippen LogP contribution in [-0.4, -0.2) is 19.4 Å². The summed E-state index contributed by atoms with van der Waals surface area (Å²) < 4.78 is 16.2. The number of rotatable bonds is 2. The summed E-state index contributed by atoms with van der Waals surface area (Å²) in [5, 5.41) is 4.52. The largest absolute Gasteiger partial charge is 0.496 e. The summed E-state index contributed by atoms with van der Waals surface area (Å²) in [6, 6.07) is 3.66. The van der Waals surface area contributed by atoms with Crippen molar-refractivity contribution >= 4 is 26.9 Å². The molecule has 0 aliphatic carbocycles. The summed E-state index contributed by atoms with van der Waals surface area (Å²) in [6.45, 7) is 0. The number of ether oxygens (including phenoxy) is 2. The zero-order valence-corrected chi connectivity index (χ0v) is 9.29. The molecule has 2 rings (SSSR count). The molecule has 0 spiro atoms. The fourth-order valence-electron chi connectivity index (χ4n) is 1.27. The summed E-state index contributed by atoms with van der Waals surface area (Å²) in [5.74, 6) is 1.11. The molecule has 0 aliphatic heterocycles. The normalized spacial score (nSPS) is 10.5. The monoisotopic (exact) mass is 257 g/mol. The highest BCUT2D eigenvalue weighted by Crippen LogP contribution is 2.37. The van der Waals surface area contributed by atoms with Crippen molar-refractivity contribution in [2.45, 2.75) is 0 Å². The first-order valence-corrected chi connectivity index (χ1v) is 4.73. The first-order valence-electron chi connectivity index (χ1n) is 3.93. The molecule has 4 nitrogen and oxygen atoms in total. The van der Waals surface area contributed by atoms with E-state index in [9.17, 15) is 0 Å². The number of hydrogen-bond donors (Lipinski definition) is 0. The SMILES string of the molecule is COc1ccc(Br)c2onc(OC)c12. The maximum absolute atomic E-state index is 5.18. The Labute approximate surface area is 88.9 Å². The van der Waals surface area contributed by atoms with E-state index in [1.165, 1.54) is 7.11 Å². The Morgan fingerprint density at radius 2 is 2.07 bits per heavy atom. The number of hydrogen-bond acceptors (Lipinski definition) is 4. The van der Waals surface area contributed by atoms with Gasteiger partial charge in [0.15, 0.2) is 5.58 Å². The number of benzene rings is 1. The summed E-state index contributed by atoms with van der Waals surface area (Å²) in [4.78, 5) is 0. The van der Waals surface area contributed by atoms with Gasteiger partial charge < -0.3 is 14.0 Å². The third-order valence-corrected chi connectivity index (χ3v) is 2.54. The van der Waals surface area contributed by atoms with Gasteiger partial charge >= 0.3 is 0 Å². The molecule has 0 saturated carbocycles. The topological polar surface area (TPSA) is 44.5 Å². The van der Waals surface area contributed by atoms with E-state index in [0.29, 0.717) is 17.2 Å². The third-order valence-electron chi connectivity index (χ3n) is 1.92.